The molecule has 0 saturated carbocycles. The fraction of sp³-hybridized carbons (Fsp3) is 0.571. The Balaban J connectivity index is 1.92. The molecule has 1 fully saturated rings. The molecule has 0 aromatic heterocycles. The van der Waals surface area contributed by atoms with Gasteiger partial charge in [0, 0.05) is 10.3 Å². The van der Waals surface area contributed by atoms with Gasteiger partial charge in [-0.1, -0.05) is 12.1 Å². The van der Waals surface area contributed by atoms with Crippen LogP contribution in [0.25, 0.3) is 0 Å². The van der Waals surface area contributed by atoms with Gasteiger partial charge in [0.25, 0.3) is 0 Å². The van der Waals surface area contributed by atoms with E-state index in [0.717, 1.165) is 25.4 Å². The van der Waals surface area contributed by atoms with Crippen LogP contribution >= 0.6 is 24.4 Å². The summed E-state index contributed by atoms with van der Waals surface area (Å²) in [4.78, 5) is 1.49. The van der Waals surface area contributed by atoms with Crippen molar-refractivity contribution in [2.45, 2.75) is 29.6 Å². The van der Waals surface area contributed by atoms with Crippen molar-refractivity contribution in [1.82, 2.24) is 0 Å². The number of aryl methyl sites for hydroxylation is 1. The molecule has 1 aromatic carbocycles. The molecule has 17 heavy (non-hydrogen) atoms. The van der Waals surface area contributed by atoms with Gasteiger partial charge in [0.1, 0.15) is 0 Å². The van der Waals surface area contributed by atoms with Crippen LogP contribution in [0, 0.1) is 0 Å². The molecule has 2 aliphatic heterocycles. The Hall–Kier alpha value is -0.120. The first-order chi connectivity index (χ1) is 8.34. The number of benzene rings is 1. The summed E-state index contributed by atoms with van der Waals surface area (Å²) < 4.78 is 5.45. The molecule has 3 rings (SSSR count). The van der Waals surface area contributed by atoms with Crippen molar-refractivity contribution < 1.29 is 4.74 Å². The van der Waals surface area contributed by atoms with Gasteiger partial charge in [-0.15, -0.1) is 11.8 Å². The molecule has 2 aliphatic rings. The van der Waals surface area contributed by atoms with Crippen LogP contribution in [-0.4, -0.2) is 24.7 Å². The number of hydrogen-bond donors (Lipinski definition) is 1. The predicted molar refractivity (Wildman–Crippen MR) is 76.5 cm³/mol. The second kappa shape index (κ2) is 4.87. The molecule has 3 heteroatoms. The summed E-state index contributed by atoms with van der Waals surface area (Å²) in [5.41, 5.74) is 3.28. The standard InChI is InChI=1S/C14H18OS2/c16-6-5-14(9-15-10-14)12-3-4-13-11(8-12)2-1-7-17-13/h3-4,8,16H,1-2,5-7,9-10H2. The second-order valence-corrected chi connectivity index (χ2v) is 6.61. The van der Waals surface area contributed by atoms with Crippen molar-refractivity contribution >= 4 is 24.4 Å². The molecule has 0 atom stereocenters. The Kier molecular flexibility index (Phi) is 3.42. The number of ether oxygens (including phenoxy) is 1. The molecule has 0 aliphatic carbocycles. The summed E-state index contributed by atoms with van der Waals surface area (Å²) in [6.07, 6.45) is 3.69. The number of thioether (sulfide) groups is 1. The third kappa shape index (κ3) is 2.13. The highest BCUT2D eigenvalue weighted by atomic mass is 32.2. The largest absolute Gasteiger partial charge is 0.379 e. The van der Waals surface area contributed by atoms with Crippen molar-refractivity contribution in [3.05, 3.63) is 29.3 Å². The molecule has 0 bridgehead atoms. The fourth-order valence-electron chi connectivity index (χ4n) is 2.71. The Morgan fingerprint density at radius 3 is 2.94 bits per heavy atom. The van der Waals surface area contributed by atoms with Gasteiger partial charge in [-0.2, -0.15) is 12.6 Å². The Labute approximate surface area is 113 Å². The van der Waals surface area contributed by atoms with Crippen LogP contribution in [0.2, 0.25) is 0 Å². The van der Waals surface area contributed by atoms with E-state index in [2.05, 4.69) is 30.8 Å². The molecule has 2 heterocycles. The van der Waals surface area contributed by atoms with Gasteiger partial charge in [0.2, 0.25) is 0 Å². The monoisotopic (exact) mass is 266 g/mol. The van der Waals surface area contributed by atoms with E-state index in [9.17, 15) is 0 Å². The highest BCUT2D eigenvalue weighted by Crippen LogP contribution is 2.39. The average molecular weight is 266 g/mol. The summed E-state index contributed by atoms with van der Waals surface area (Å²) in [5.74, 6) is 2.21. The van der Waals surface area contributed by atoms with Gasteiger partial charge < -0.3 is 4.74 Å². The van der Waals surface area contributed by atoms with E-state index in [1.54, 1.807) is 5.56 Å². The Morgan fingerprint density at radius 1 is 1.35 bits per heavy atom. The van der Waals surface area contributed by atoms with E-state index < -0.39 is 0 Å². The lowest BCUT2D eigenvalue weighted by atomic mass is 9.76. The van der Waals surface area contributed by atoms with Gasteiger partial charge in [0.15, 0.2) is 0 Å². The van der Waals surface area contributed by atoms with Crippen molar-refractivity contribution in [1.29, 1.82) is 0 Å². The average Bonchev–Trinajstić information content (AvgIpc) is 2.33. The quantitative estimate of drug-likeness (QED) is 0.841. The molecular weight excluding hydrogens is 248 g/mol. The molecule has 92 valence electrons. The minimum absolute atomic E-state index is 0.263. The lowest BCUT2D eigenvalue weighted by Gasteiger charge is -2.42. The molecule has 1 nitrogen and oxygen atoms in total. The van der Waals surface area contributed by atoms with Gasteiger partial charge in [-0.05, 0) is 48.0 Å². The van der Waals surface area contributed by atoms with Crippen LogP contribution in [0.1, 0.15) is 24.0 Å². The molecule has 0 radical (unpaired) electrons. The summed E-state index contributed by atoms with van der Waals surface area (Å²) in [6.45, 7) is 1.75. The third-order valence-electron chi connectivity index (χ3n) is 3.87. The molecule has 0 amide bonds. The Morgan fingerprint density at radius 2 is 2.24 bits per heavy atom. The van der Waals surface area contributed by atoms with Gasteiger partial charge >= 0.3 is 0 Å². The zero-order valence-corrected chi connectivity index (χ0v) is 11.7. The van der Waals surface area contributed by atoms with Crippen molar-refractivity contribution in [2.75, 3.05) is 24.7 Å². The highest BCUT2D eigenvalue weighted by Gasteiger charge is 2.39. The topological polar surface area (TPSA) is 9.23 Å². The molecule has 0 spiro atoms. The minimum Gasteiger partial charge on any atom is -0.379 e. The molecular formula is C14H18OS2. The first kappa shape index (κ1) is 11.9. The van der Waals surface area contributed by atoms with Crippen LogP contribution in [0.3, 0.4) is 0 Å². The molecule has 1 saturated heterocycles. The lowest BCUT2D eigenvalue weighted by molar-refractivity contribution is -0.0614. The van der Waals surface area contributed by atoms with Crippen molar-refractivity contribution in [2.24, 2.45) is 0 Å². The third-order valence-corrected chi connectivity index (χ3v) is 5.29. The van der Waals surface area contributed by atoms with Crippen LogP contribution < -0.4 is 0 Å². The Bertz CT molecular complexity index is 413. The van der Waals surface area contributed by atoms with E-state index >= 15 is 0 Å². The van der Waals surface area contributed by atoms with E-state index in [0.29, 0.717) is 0 Å². The van der Waals surface area contributed by atoms with Crippen LogP contribution in [-0.2, 0) is 16.6 Å². The maximum Gasteiger partial charge on any atom is 0.0585 e. The summed E-state index contributed by atoms with van der Waals surface area (Å²) in [7, 11) is 0. The van der Waals surface area contributed by atoms with Gasteiger partial charge in [-0.25, -0.2) is 0 Å². The van der Waals surface area contributed by atoms with E-state index in [1.165, 1.54) is 29.1 Å². The fourth-order valence-corrected chi connectivity index (χ4v) is 4.16. The zero-order chi connectivity index (χ0) is 11.7. The molecule has 0 N–H and O–H groups in total. The highest BCUT2D eigenvalue weighted by molar-refractivity contribution is 7.99. The van der Waals surface area contributed by atoms with Crippen LogP contribution in [0.4, 0.5) is 0 Å². The maximum absolute atomic E-state index is 5.45. The van der Waals surface area contributed by atoms with Crippen LogP contribution in [0.5, 0.6) is 0 Å². The van der Waals surface area contributed by atoms with E-state index in [1.807, 2.05) is 11.8 Å². The normalized spacial score (nSPS) is 21.7. The molecule has 0 unspecified atom stereocenters. The number of rotatable bonds is 3. The first-order valence-electron chi connectivity index (χ1n) is 6.29. The van der Waals surface area contributed by atoms with E-state index in [-0.39, 0.29) is 5.41 Å². The molecule has 1 aromatic rings. The van der Waals surface area contributed by atoms with Crippen molar-refractivity contribution in [3.63, 3.8) is 0 Å². The van der Waals surface area contributed by atoms with Crippen molar-refractivity contribution in [3.8, 4) is 0 Å². The summed E-state index contributed by atoms with van der Waals surface area (Å²) in [5, 5.41) is 0. The van der Waals surface area contributed by atoms with E-state index in [4.69, 9.17) is 4.74 Å². The number of fused-ring (bicyclic) bond motifs is 1. The smallest absolute Gasteiger partial charge is 0.0585 e. The van der Waals surface area contributed by atoms with Crippen LogP contribution in [0.15, 0.2) is 23.1 Å². The first-order valence-corrected chi connectivity index (χ1v) is 7.91. The maximum atomic E-state index is 5.45. The van der Waals surface area contributed by atoms with Gasteiger partial charge in [-0.3, -0.25) is 0 Å². The second-order valence-electron chi connectivity index (χ2n) is 5.02. The minimum atomic E-state index is 0.263. The number of hydrogen-bond acceptors (Lipinski definition) is 3. The van der Waals surface area contributed by atoms with Gasteiger partial charge in [0.05, 0.1) is 13.2 Å². The zero-order valence-electron chi connectivity index (χ0n) is 9.95. The summed E-state index contributed by atoms with van der Waals surface area (Å²) in [6, 6.07) is 7.05. The summed E-state index contributed by atoms with van der Waals surface area (Å²) >= 11 is 6.39. The lowest BCUT2D eigenvalue weighted by Crippen LogP contribution is -2.47. The predicted octanol–water partition coefficient (Wildman–Crippen LogP) is 3.31. The number of thiol groups is 1. The SMILES string of the molecule is SCCC1(c2ccc3c(c2)CCCS3)COC1.